The van der Waals surface area contributed by atoms with Crippen LogP contribution < -0.4 is 15.1 Å². The monoisotopic (exact) mass is 489 g/mol. The molecule has 5 nitrogen and oxygen atoms in total. The lowest BCUT2D eigenvalue weighted by Gasteiger charge is -2.25. The van der Waals surface area contributed by atoms with Crippen molar-refractivity contribution in [3.05, 3.63) is 103 Å². The van der Waals surface area contributed by atoms with Gasteiger partial charge in [0, 0.05) is 10.2 Å². The molecule has 0 saturated heterocycles. The number of carbonyl (C=O) groups excluding carboxylic acids is 1. The number of anilines is 1. The number of amides is 1. The predicted molar refractivity (Wildman–Crippen MR) is 128 cm³/mol. The van der Waals surface area contributed by atoms with E-state index in [2.05, 4.69) is 15.9 Å². The Kier molecular flexibility index (Phi) is 4.90. The first kappa shape index (κ1) is 20.5. The van der Waals surface area contributed by atoms with Crippen molar-refractivity contribution in [2.75, 3.05) is 12.0 Å². The Morgan fingerprint density at radius 3 is 2.38 bits per heavy atom. The van der Waals surface area contributed by atoms with Crippen molar-refractivity contribution in [1.82, 2.24) is 0 Å². The number of aryl methyl sites for hydroxylation is 2. The molecule has 0 fully saturated rings. The van der Waals surface area contributed by atoms with Gasteiger partial charge in [0.15, 0.2) is 5.43 Å². The van der Waals surface area contributed by atoms with E-state index < -0.39 is 6.04 Å². The fraction of sp³-hybridized carbons (Fsp3) is 0.154. The molecule has 5 rings (SSSR count). The normalized spacial score (nSPS) is 15.3. The minimum Gasteiger partial charge on any atom is -0.497 e. The number of carbonyl (C=O) groups is 1. The first-order valence-electron chi connectivity index (χ1n) is 10.2. The standard InChI is InChI=1S/C26H20BrNO4/c1-14-11-20-21(12-15(14)2)32-25-22(24(20)29)23(16-5-4-6-17(27)13-16)28(26(25)30)18-7-9-19(31-3)10-8-18/h4-13,23H,1-3H3/t23-/m0/s1. The van der Waals surface area contributed by atoms with E-state index in [9.17, 15) is 9.59 Å². The van der Waals surface area contributed by atoms with E-state index in [0.717, 1.165) is 21.2 Å². The lowest BCUT2D eigenvalue weighted by Crippen LogP contribution is -2.29. The van der Waals surface area contributed by atoms with Crippen molar-refractivity contribution < 1.29 is 13.9 Å². The molecule has 0 aliphatic carbocycles. The molecule has 1 aliphatic heterocycles. The Morgan fingerprint density at radius 1 is 0.969 bits per heavy atom. The van der Waals surface area contributed by atoms with Crippen LogP contribution in [-0.4, -0.2) is 13.0 Å². The van der Waals surface area contributed by atoms with E-state index in [4.69, 9.17) is 9.15 Å². The van der Waals surface area contributed by atoms with Crippen LogP contribution in [-0.2, 0) is 0 Å². The lowest BCUT2D eigenvalue weighted by atomic mass is 9.97. The third-order valence-corrected chi connectivity index (χ3v) is 6.49. The lowest BCUT2D eigenvalue weighted by molar-refractivity contribution is 0.0971. The smallest absolute Gasteiger partial charge is 0.295 e. The fourth-order valence-corrected chi connectivity index (χ4v) is 4.65. The third kappa shape index (κ3) is 3.14. The van der Waals surface area contributed by atoms with Crippen LogP contribution in [0.25, 0.3) is 11.0 Å². The summed E-state index contributed by atoms with van der Waals surface area (Å²) >= 11 is 3.51. The molecule has 1 aromatic heterocycles. The molecule has 0 saturated carbocycles. The minimum absolute atomic E-state index is 0.0894. The Labute approximate surface area is 193 Å². The molecule has 4 aromatic rings. The molecule has 0 unspecified atom stereocenters. The van der Waals surface area contributed by atoms with Gasteiger partial charge in [-0.3, -0.25) is 14.5 Å². The number of benzene rings is 3. The number of nitrogens with zero attached hydrogens (tertiary/aromatic N) is 1. The molecule has 0 N–H and O–H groups in total. The molecular formula is C26H20BrNO4. The molecule has 1 atom stereocenters. The number of halogens is 1. The quantitative estimate of drug-likeness (QED) is 0.357. The van der Waals surface area contributed by atoms with E-state index in [-0.39, 0.29) is 17.1 Å². The van der Waals surface area contributed by atoms with Gasteiger partial charge in [0.25, 0.3) is 5.91 Å². The van der Waals surface area contributed by atoms with Gasteiger partial charge in [-0.2, -0.15) is 0 Å². The first-order valence-corrected chi connectivity index (χ1v) is 11.0. The number of ether oxygens (including phenoxy) is 1. The second kappa shape index (κ2) is 7.64. The van der Waals surface area contributed by atoms with Crippen LogP contribution in [0.2, 0.25) is 0 Å². The molecule has 32 heavy (non-hydrogen) atoms. The molecule has 1 aliphatic rings. The average Bonchev–Trinajstić information content (AvgIpc) is 3.08. The van der Waals surface area contributed by atoms with Gasteiger partial charge in [-0.1, -0.05) is 28.1 Å². The van der Waals surface area contributed by atoms with E-state index in [1.54, 1.807) is 24.1 Å². The second-order valence-corrected chi connectivity index (χ2v) is 8.85. The summed E-state index contributed by atoms with van der Waals surface area (Å²) in [4.78, 5) is 28.9. The van der Waals surface area contributed by atoms with Gasteiger partial charge in [-0.25, -0.2) is 0 Å². The van der Waals surface area contributed by atoms with Crippen LogP contribution in [0.15, 0.2) is 74.3 Å². The van der Waals surface area contributed by atoms with Crippen LogP contribution in [0.3, 0.4) is 0 Å². The number of hydrogen-bond acceptors (Lipinski definition) is 4. The first-order chi connectivity index (χ1) is 15.4. The van der Waals surface area contributed by atoms with Gasteiger partial charge in [0.05, 0.1) is 24.1 Å². The Balaban J connectivity index is 1.80. The summed E-state index contributed by atoms with van der Waals surface area (Å²) < 4.78 is 12.2. The molecule has 0 spiro atoms. The summed E-state index contributed by atoms with van der Waals surface area (Å²) in [6, 6.07) is 17.9. The zero-order valence-corrected chi connectivity index (χ0v) is 19.4. The minimum atomic E-state index is -0.606. The molecule has 2 heterocycles. The van der Waals surface area contributed by atoms with Crippen LogP contribution in [0.1, 0.15) is 38.9 Å². The summed E-state index contributed by atoms with van der Waals surface area (Å²) in [7, 11) is 1.59. The van der Waals surface area contributed by atoms with Gasteiger partial charge < -0.3 is 9.15 Å². The van der Waals surface area contributed by atoms with Crippen molar-refractivity contribution in [1.29, 1.82) is 0 Å². The summed E-state index contributed by atoms with van der Waals surface area (Å²) in [6.45, 7) is 3.92. The largest absolute Gasteiger partial charge is 0.497 e. The maximum atomic E-state index is 13.7. The summed E-state index contributed by atoms with van der Waals surface area (Å²) in [5, 5.41) is 0.483. The maximum Gasteiger partial charge on any atom is 0.295 e. The highest BCUT2D eigenvalue weighted by Crippen LogP contribution is 2.42. The van der Waals surface area contributed by atoms with E-state index in [1.165, 1.54) is 0 Å². The predicted octanol–water partition coefficient (Wildman–Crippen LogP) is 5.93. The highest BCUT2D eigenvalue weighted by molar-refractivity contribution is 9.10. The van der Waals surface area contributed by atoms with E-state index in [0.29, 0.717) is 28.0 Å². The topological polar surface area (TPSA) is 59.8 Å². The zero-order valence-electron chi connectivity index (χ0n) is 17.8. The summed E-state index contributed by atoms with van der Waals surface area (Å²) in [6.07, 6.45) is 0. The zero-order chi connectivity index (χ0) is 22.6. The van der Waals surface area contributed by atoms with Crippen molar-refractivity contribution in [3.63, 3.8) is 0 Å². The third-order valence-electron chi connectivity index (χ3n) is 6.00. The highest BCUT2D eigenvalue weighted by atomic mass is 79.9. The van der Waals surface area contributed by atoms with E-state index in [1.807, 2.05) is 62.4 Å². The van der Waals surface area contributed by atoms with Crippen molar-refractivity contribution in [2.24, 2.45) is 0 Å². The van der Waals surface area contributed by atoms with Crippen LogP contribution in [0, 0.1) is 13.8 Å². The molecule has 3 aromatic carbocycles. The highest BCUT2D eigenvalue weighted by Gasteiger charge is 2.43. The van der Waals surface area contributed by atoms with Gasteiger partial charge in [-0.05, 0) is 79.1 Å². The Morgan fingerprint density at radius 2 is 1.69 bits per heavy atom. The van der Waals surface area contributed by atoms with Gasteiger partial charge in [0.1, 0.15) is 11.3 Å². The molecule has 6 heteroatoms. The summed E-state index contributed by atoms with van der Waals surface area (Å²) in [5.74, 6) is 0.432. The van der Waals surface area contributed by atoms with E-state index >= 15 is 0 Å². The van der Waals surface area contributed by atoms with Crippen molar-refractivity contribution >= 4 is 38.5 Å². The second-order valence-electron chi connectivity index (χ2n) is 7.94. The van der Waals surface area contributed by atoms with Crippen molar-refractivity contribution in [2.45, 2.75) is 19.9 Å². The number of methoxy groups -OCH3 is 1. The van der Waals surface area contributed by atoms with Crippen LogP contribution in [0.4, 0.5) is 5.69 Å². The molecule has 0 bridgehead atoms. The average molecular weight is 490 g/mol. The van der Waals surface area contributed by atoms with Gasteiger partial charge >= 0.3 is 0 Å². The van der Waals surface area contributed by atoms with Crippen LogP contribution in [0.5, 0.6) is 5.75 Å². The number of hydrogen-bond donors (Lipinski definition) is 0. The number of rotatable bonds is 3. The van der Waals surface area contributed by atoms with Gasteiger partial charge in [-0.15, -0.1) is 0 Å². The van der Waals surface area contributed by atoms with Crippen LogP contribution >= 0.6 is 15.9 Å². The molecule has 160 valence electrons. The molecular weight excluding hydrogens is 470 g/mol. The SMILES string of the molecule is COc1ccc(N2C(=O)c3oc4cc(C)c(C)cc4c(=O)c3[C@@H]2c2cccc(Br)c2)cc1. The summed E-state index contributed by atoms with van der Waals surface area (Å²) in [5.41, 5.74) is 4.08. The maximum absolute atomic E-state index is 13.7. The Hall–Kier alpha value is -3.38. The van der Waals surface area contributed by atoms with Crippen molar-refractivity contribution in [3.8, 4) is 5.75 Å². The van der Waals surface area contributed by atoms with Gasteiger partial charge in [0.2, 0.25) is 5.76 Å². The molecule has 0 radical (unpaired) electrons. The number of fused-ring (bicyclic) bond motifs is 2. The molecule has 1 amide bonds. The fourth-order valence-electron chi connectivity index (χ4n) is 4.23. The Bertz CT molecular complexity index is 1440.